The first kappa shape index (κ1) is 19.2. The van der Waals surface area contributed by atoms with Gasteiger partial charge in [0.15, 0.2) is 11.3 Å². The first-order valence-corrected chi connectivity index (χ1v) is 9.84. The number of hydrazone groups is 1. The molecule has 152 valence electrons. The fourth-order valence-electron chi connectivity index (χ4n) is 4.21. The molecular formula is C21H25N5O3. The predicted molar refractivity (Wildman–Crippen MR) is 109 cm³/mol. The summed E-state index contributed by atoms with van der Waals surface area (Å²) in [6.07, 6.45) is 7.72. The highest BCUT2D eigenvalue weighted by atomic mass is 16.3. The van der Waals surface area contributed by atoms with Gasteiger partial charge in [0, 0.05) is 37.4 Å². The highest BCUT2D eigenvalue weighted by Crippen LogP contribution is 2.59. The first-order valence-electron chi connectivity index (χ1n) is 9.84. The number of carbonyl (C=O) groups is 2. The SMILES string of the molecule is C=CN/N=C(\C)C(=O)N1CCC2(CC1)CC2CNC(=O)c1cc2ccncc2o1. The van der Waals surface area contributed by atoms with Crippen LogP contribution < -0.4 is 10.7 Å². The summed E-state index contributed by atoms with van der Waals surface area (Å²) in [6, 6.07) is 3.56. The van der Waals surface area contributed by atoms with Crippen molar-refractivity contribution in [1.82, 2.24) is 20.6 Å². The highest BCUT2D eigenvalue weighted by molar-refractivity contribution is 6.37. The van der Waals surface area contributed by atoms with Gasteiger partial charge in [0.1, 0.15) is 5.71 Å². The van der Waals surface area contributed by atoms with Crippen LogP contribution >= 0.6 is 0 Å². The normalized spacial score (nSPS) is 20.5. The molecule has 1 saturated heterocycles. The molecule has 0 bridgehead atoms. The van der Waals surface area contributed by atoms with E-state index >= 15 is 0 Å². The summed E-state index contributed by atoms with van der Waals surface area (Å²) in [5.74, 6) is 0.523. The lowest BCUT2D eigenvalue weighted by Gasteiger charge is -2.33. The van der Waals surface area contributed by atoms with E-state index in [1.165, 1.54) is 6.20 Å². The molecule has 2 N–H and O–H groups in total. The zero-order valence-corrected chi connectivity index (χ0v) is 16.5. The van der Waals surface area contributed by atoms with Crippen LogP contribution in [0.15, 0.2) is 46.8 Å². The Balaban J connectivity index is 1.26. The summed E-state index contributed by atoms with van der Waals surface area (Å²) in [7, 11) is 0. The van der Waals surface area contributed by atoms with Gasteiger partial charge in [0.05, 0.1) is 6.20 Å². The molecule has 0 aromatic carbocycles. The lowest BCUT2D eigenvalue weighted by Crippen LogP contribution is -2.43. The van der Waals surface area contributed by atoms with Crippen molar-refractivity contribution >= 4 is 28.5 Å². The molecule has 2 amide bonds. The molecule has 1 unspecified atom stereocenters. The van der Waals surface area contributed by atoms with Crippen molar-refractivity contribution in [2.24, 2.45) is 16.4 Å². The summed E-state index contributed by atoms with van der Waals surface area (Å²) < 4.78 is 5.57. The van der Waals surface area contributed by atoms with Crippen LogP contribution in [-0.4, -0.2) is 47.0 Å². The van der Waals surface area contributed by atoms with Gasteiger partial charge in [-0.25, -0.2) is 0 Å². The van der Waals surface area contributed by atoms with E-state index in [-0.39, 0.29) is 17.2 Å². The van der Waals surface area contributed by atoms with Gasteiger partial charge >= 0.3 is 0 Å². The van der Waals surface area contributed by atoms with Gasteiger partial charge in [0.25, 0.3) is 11.8 Å². The molecular weight excluding hydrogens is 370 g/mol. The molecule has 1 aliphatic heterocycles. The van der Waals surface area contributed by atoms with Crippen LogP contribution in [0.25, 0.3) is 11.0 Å². The highest BCUT2D eigenvalue weighted by Gasteiger charge is 2.54. The van der Waals surface area contributed by atoms with Crippen LogP contribution in [0.4, 0.5) is 0 Å². The van der Waals surface area contributed by atoms with Crippen molar-refractivity contribution in [1.29, 1.82) is 0 Å². The van der Waals surface area contributed by atoms with Crippen molar-refractivity contribution < 1.29 is 14.0 Å². The molecule has 8 heteroatoms. The Morgan fingerprint density at radius 3 is 2.97 bits per heavy atom. The molecule has 29 heavy (non-hydrogen) atoms. The number of hydrogen-bond donors (Lipinski definition) is 2. The number of likely N-dealkylation sites (tertiary alicyclic amines) is 1. The Bertz CT molecular complexity index is 939. The average molecular weight is 395 g/mol. The molecule has 2 fully saturated rings. The van der Waals surface area contributed by atoms with E-state index in [1.54, 1.807) is 25.4 Å². The molecule has 4 rings (SSSR count). The summed E-state index contributed by atoms with van der Waals surface area (Å²) >= 11 is 0. The van der Waals surface area contributed by atoms with Crippen LogP contribution in [0.5, 0.6) is 0 Å². The number of hydrogen-bond acceptors (Lipinski definition) is 6. The fourth-order valence-corrected chi connectivity index (χ4v) is 4.21. The average Bonchev–Trinajstić information content (AvgIpc) is 3.21. The zero-order valence-electron chi connectivity index (χ0n) is 16.5. The molecule has 1 atom stereocenters. The molecule has 1 aliphatic carbocycles. The molecule has 0 radical (unpaired) electrons. The number of fused-ring (bicyclic) bond motifs is 1. The number of carbonyl (C=O) groups excluding carboxylic acids is 2. The number of pyridine rings is 1. The van der Waals surface area contributed by atoms with E-state index in [4.69, 9.17) is 4.42 Å². The number of rotatable bonds is 6. The van der Waals surface area contributed by atoms with Gasteiger partial charge in [-0.05, 0) is 49.7 Å². The topological polar surface area (TPSA) is 99.8 Å². The molecule has 8 nitrogen and oxygen atoms in total. The maximum atomic E-state index is 12.4. The predicted octanol–water partition coefficient (Wildman–Crippen LogP) is 2.30. The largest absolute Gasteiger partial charge is 0.449 e. The molecule has 2 aromatic heterocycles. The summed E-state index contributed by atoms with van der Waals surface area (Å²) in [5, 5.41) is 7.84. The third-order valence-corrected chi connectivity index (χ3v) is 6.09. The molecule has 3 heterocycles. The lowest BCUT2D eigenvalue weighted by molar-refractivity contribution is -0.125. The van der Waals surface area contributed by atoms with Crippen molar-refractivity contribution in [2.75, 3.05) is 19.6 Å². The number of amides is 2. The standard InChI is InChI=1S/C21H25N5O3/c1-3-24-25-14(2)20(28)26-8-5-21(6-9-26)11-16(21)12-23-19(27)17-10-15-4-7-22-13-18(15)29-17/h3-4,7,10,13,16,24H,1,5-6,8-9,11-12H2,2H3,(H,23,27)/b25-14+. The van der Waals surface area contributed by atoms with E-state index in [0.717, 1.165) is 37.7 Å². The molecule has 1 spiro atoms. The second kappa shape index (κ2) is 7.69. The van der Waals surface area contributed by atoms with Gasteiger partial charge < -0.3 is 14.6 Å². The van der Waals surface area contributed by atoms with Gasteiger partial charge in [-0.3, -0.25) is 20.0 Å². The number of piperidine rings is 1. The van der Waals surface area contributed by atoms with Crippen LogP contribution in [0.2, 0.25) is 0 Å². The van der Waals surface area contributed by atoms with Crippen LogP contribution in [0, 0.1) is 11.3 Å². The summed E-state index contributed by atoms with van der Waals surface area (Å²) in [5.41, 5.74) is 3.89. The monoisotopic (exact) mass is 395 g/mol. The van der Waals surface area contributed by atoms with Gasteiger partial charge in [0.2, 0.25) is 0 Å². The Hall–Kier alpha value is -3.16. The van der Waals surface area contributed by atoms with Crippen molar-refractivity contribution in [3.63, 3.8) is 0 Å². The van der Waals surface area contributed by atoms with E-state index in [2.05, 4.69) is 27.4 Å². The van der Waals surface area contributed by atoms with Crippen LogP contribution in [0.1, 0.15) is 36.7 Å². The quantitative estimate of drug-likeness (QED) is 0.577. The summed E-state index contributed by atoms with van der Waals surface area (Å²) in [4.78, 5) is 30.7. The number of nitrogens with one attached hydrogen (secondary N) is 2. The Kier molecular flexibility index (Phi) is 5.08. The van der Waals surface area contributed by atoms with E-state index < -0.39 is 0 Å². The van der Waals surface area contributed by atoms with E-state index in [1.807, 2.05) is 11.0 Å². The van der Waals surface area contributed by atoms with Gasteiger partial charge in [-0.2, -0.15) is 5.10 Å². The second-order valence-corrected chi connectivity index (χ2v) is 7.82. The Morgan fingerprint density at radius 1 is 1.45 bits per heavy atom. The number of furan rings is 1. The van der Waals surface area contributed by atoms with Crippen molar-refractivity contribution in [3.05, 3.63) is 43.1 Å². The lowest BCUT2D eigenvalue weighted by atomic mass is 9.90. The van der Waals surface area contributed by atoms with Gasteiger partial charge in [-0.15, -0.1) is 0 Å². The van der Waals surface area contributed by atoms with E-state index in [0.29, 0.717) is 29.5 Å². The third kappa shape index (κ3) is 3.87. The third-order valence-electron chi connectivity index (χ3n) is 6.09. The molecule has 1 saturated carbocycles. The minimum atomic E-state index is -0.197. The van der Waals surface area contributed by atoms with Gasteiger partial charge in [-0.1, -0.05) is 6.58 Å². The molecule has 2 aromatic rings. The van der Waals surface area contributed by atoms with Crippen LogP contribution in [0.3, 0.4) is 0 Å². The Labute approximate surface area is 169 Å². The maximum Gasteiger partial charge on any atom is 0.287 e. The van der Waals surface area contributed by atoms with Crippen molar-refractivity contribution in [3.8, 4) is 0 Å². The summed E-state index contributed by atoms with van der Waals surface area (Å²) in [6.45, 7) is 7.30. The minimum absolute atomic E-state index is 0.0425. The smallest absolute Gasteiger partial charge is 0.287 e. The number of nitrogens with zero attached hydrogens (tertiary/aromatic N) is 3. The van der Waals surface area contributed by atoms with E-state index in [9.17, 15) is 9.59 Å². The van der Waals surface area contributed by atoms with Crippen LogP contribution in [-0.2, 0) is 4.79 Å². The van der Waals surface area contributed by atoms with Crippen molar-refractivity contribution in [2.45, 2.75) is 26.2 Å². The Morgan fingerprint density at radius 2 is 2.24 bits per heavy atom. The minimum Gasteiger partial charge on any atom is -0.449 e. The first-order chi connectivity index (χ1) is 14.0. The number of aromatic nitrogens is 1. The zero-order chi connectivity index (χ0) is 20.4. The second-order valence-electron chi connectivity index (χ2n) is 7.82. The fraction of sp³-hybridized carbons (Fsp3) is 0.429. The molecule has 2 aliphatic rings. The maximum absolute atomic E-state index is 12.4.